The first-order chi connectivity index (χ1) is 7.72. The van der Waals surface area contributed by atoms with Gasteiger partial charge in [0.15, 0.2) is 0 Å². The van der Waals surface area contributed by atoms with Gasteiger partial charge in [-0.3, -0.25) is 9.69 Å². The van der Waals surface area contributed by atoms with Crippen molar-refractivity contribution < 1.29 is 9.53 Å². The molecule has 1 heterocycles. The first kappa shape index (κ1) is 11.6. The molecule has 1 fully saturated rings. The lowest BCUT2D eigenvalue weighted by atomic mass is 10.2. The van der Waals surface area contributed by atoms with E-state index in [2.05, 4.69) is 21.7 Å². The van der Waals surface area contributed by atoms with Crippen LogP contribution in [0.4, 0.5) is 0 Å². The number of thiophene rings is 1. The van der Waals surface area contributed by atoms with E-state index in [1.54, 1.807) is 11.3 Å². The van der Waals surface area contributed by atoms with Crippen LogP contribution in [0.25, 0.3) is 0 Å². The summed E-state index contributed by atoms with van der Waals surface area (Å²) < 4.78 is 4.81. The Morgan fingerprint density at radius 3 is 2.94 bits per heavy atom. The molecule has 0 N–H and O–H groups in total. The Kier molecular flexibility index (Phi) is 3.61. The van der Waals surface area contributed by atoms with Crippen molar-refractivity contribution in [2.45, 2.75) is 38.4 Å². The quantitative estimate of drug-likeness (QED) is 0.738. The minimum atomic E-state index is -0.141. The number of hydrogen-bond donors (Lipinski definition) is 0. The fourth-order valence-electron chi connectivity index (χ4n) is 1.89. The third-order valence-electron chi connectivity index (χ3n) is 3.00. The predicted molar refractivity (Wildman–Crippen MR) is 64.4 cm³/mol. The lowest BCUT2D eigenvalue weighted by Gasteiger charge is -2.26. The molecular formula is C12H17NO2S. The van der Waals surface area contributed by atoms with Crippen LogP contribution in [-0.4, -0.2) is 30.1 Å². The molecule has 1 aliphatic rings. The molecular weight excluding hydrogens is 222 g/mol. The van der Waals surface area contributed by atoms with Crippen LogP contribution >= 0.6 is 11.3 Å². The summed E-state index contributed by atoms with van der Waals surface area (Å²) in [6.45, 7) is 2.78. The summed E-state index contributed by atoms with van der Waals surface area (Å²) in [4.78, 5) is 13.8. The number of hydrogen-bond acceptors (Lipinski definition) is 4. The number of rotatable bonds is 5. The molecule has 0 bridgehead atoms. The highest BCUT2D eigenvalue weighted by Gasteiger charge is 2.35. The van der Waals surface area contributed by atoms with E-state index < -0.39 is 0 Å². The number of carbonyl (C=O) groups excluding carboxylic acids is 1. The zero-order chi connectivity index (χ0) is 11.5. The summed E-state index contributed by atoms with van der Waals surface area (Å²) in [6, 6.07) is 2.54. The van der Waals surface area contributed by atoms with Crippen molar-refractivity contribution in [2.75, 3.05) is 7.11 Å². The van der Waals surface area contributed by atoms with Crippen LogP contribution in [0.3, 0.4) is 0 Å². The Morgan fingerprint density at radius 2 is 2.44 bits per heavy atom. The summed E-state index contributed by atoms with van der Waals surface area (Å²) in [5.41, 5.74) is 1.28. The molecule has 4 heteroatoms. The number of carbonyl (C=O) groups is 1. The maximum absolute atomic E-state index is 11.6. The van der Waals surface area contributed by atoms with Crippen LogP contribution in [0.1, 0.15) is 25.3 Å². The number of methoxy groups -OCH3 is 1. The minimum Gasteiger partial charge on any atom is -0.468 e. The van der Waals surface area contributed by atoms with Crippen molar-refractivity contribution in [1.29, 1.82) is 0 Å². The van der Waals surface area contributed by atoms with E-state index >= 15 is 0 Å². The van der Waals surface area contributed by atoms with Gasteiger partial charge in [0.05, 0.1) is 7.11 Å². The highest BCUT2D eigenvalue weighted by Crippen LogP contribution is 2.30. The van der Waals surface area contributed by atoms with Gasteiger partial charge < -0.3 is 4.74 Å². The molecule has 1 aromatic heterocycles. The first-order valence-corrected chi connectivity index (χ1v) is 6.51. The van der Waals surface area contributed by atoms with Crippen LogP contribution < -0.4 is 0 Å². The molecule has 1 atom stereocenters. The standard InChI is InChI=1S/C12H17NO2S/c1-9(12(14)15-2)13(11-3-4-11)7-10-5-6-16-8-10/h5-6,8-9,11H,3-4,7H2,1-2H3. The number of ether oxygens (including phenoxy) is 1. The Bertz CT molecular complexity index is 346. The predicted octanol–water partition coefficient (Wildman–Crippen LogP) is 2.27. The minimum absolute atomic E-state index is 0.137. The lowest BCUT2D eigenvalue weighted by Crippen LogP contribution is -2.40. The van der Waals surface area contributed by atoms with E-state index in [0.29, 0.717) is 6.04 Å². The Morgan fingerprint density at radius 1 is 1.69 bits per heavy atom. The highest BCUT2D eigenvalue weighted by molar-refractivity contribution is 7.07. The Hall–Kier alpha value is -0.870. The molecule has 1 aliphatic carbocycles. The van der Waals surface area contributed by atoms with Crippen molar-refractivity contribution in [3.63, 3.8) is 0 Å². The fraction of sp³-hybridized carbons (Fsp3) is 0.583. The molecule has 88 valence electrons. The van der Waals surface area contributed by atoms with Gasteiger partial charge in [-0.05, 0) is 42.2 Å². The third-order valence-corrected chi connectivity index (χ3v) is 3.73. The molecule has 0 aromatic carbocycles. The van der Waals surface area contributed by atoms with Gasteiger partial charge in [0.25, 0.3) is 0 Å². The number of nitrogens with zero attached hydrogens (tertiary/aromatic N) is 1. The van der Waals surface area contributed by atoms with Crippen LogP contribution in [-0.2, 0) is 16.1 Å². The van der Waals surface area contributed by atoms with E-state index in [0.717, 1.165) is 6.54 Å². The van der Waals surface area contributed by atoms with E-state index in [9.17, 15) is 4.79 Å². The van der Waals surface area contributed by atoms with Gasteiger partial charge in [-0.2, -0.15) is 11.3 Å². The van der Waals surface area contributed by atoms with E-state index in [1.165, 1.54) is 25.5 Å². The second kappa shape index (κ2) is 4.97. The summed E-state index contributed by atoms with van der Waals surface area (Å²) >= 11 is 1.70. The third kappa shape index (κ3) is 2.62. The summed E-state index contributed by atoms with van der Waals surface area (Å²) in [5, 5.41) is 4.21. The zero-order valence-corrected chi connectivity index (χ0v) is 10.5. The van der Waals surface area contributed by atoms with Gasteiger partial charge >= 0.3 is 5.97 Å². The number of esters is 1. The largest absolute Gasteiger partial charge is 0.468 e. The zero-order valence-electron chi connectivity index (χ0n) is 9.68. The molecule has 3 nitrogen and oxygen atoms in total. The van der Waals surface area contributed by atoms with Crippen molar-refractivity contribution in [2.24, 2.45) is 0 Å². The molecule has 0 aliphatic heterocycles. The van der Waals surface area contributed by atoms with E-state index in [-0.39, 0.29) is 12.0 Å². The van der Waals surface area contributed by atoms with Crippen molar-refractivity contribution in [3.8, 4) is 0 Å². The van der Waals surface area contributed by atoms with Crippen molar-refractivity contribution in [3.05, 3.63) is 22.4 Å². The van der Waals surface area contributed by atoms with Gasteiger partial charge in [-0.25, -0.2) is 0 Å². The topological polar surface area (TPSA) is 29.5 Å². The molecule has 16 heavy (non-hydrogen) atoms. The molecule has 1 unspecified atom stereocenters. The molecule has 0 saturated heterocycles. The molecule has 0 radical (unpaired) electrons. The first-order valence-electron chi connectivity index (χ1n) is 5.57. The monoisotopic (exact) mass is 239 g/mol. The summed E-state index contributed by atoms with van der Waals surface area (Å²) in [7, 11) is 1.45. The van der Waals surface area contributed by atoms with Gasteiger partial charge in [-0.1, -0.05) is 0 Å². The second-order valence-electron chi connectivity index (χ2n) is 4.23. The second-order valence-corrected chi connectivity index (χ2v) is 5.01. The van der Waals surface area contributed by atoms with Gasteiger partial charge in [0.2, 0.25) is 0 Å². The Labute approximate surface area is 100 Å². The Balaban J connectivity index is 2.02. The van der Waals surface area contributed by atoms with Crippen LogP contribution in [0.2, 0.25) is 0 Å². The average Bonchev–Trinajstić information content (AvgIpc) is 3.01. The fourth-order valence-corrected chi connectivity index (χ4v) is 2.55. The molecule has 0 amide bonds. The smallest absolute Gasteiger partial charge is 0.322 e. The van der Waals surface area contributed by atoms with E-state index in [4.69, 9.17) is 4.74 Å². The normalized spacial score (nSPS) is 17.4. The van der Waals surface area contributed by atoms with Crippen molar-refractivity contribution in [1.82, 2.24) is 4.90 Å². The van der Waals surface area contributed by atoms with Crippen LogP contribution in [0.15, 0.2) is 16.8 Å². The lowest BCUT2D eigenvalue weighted by molar-refractivity contribution is -0.146. The van der Waals surface area contributed by atoms with Gasteiger partial charge in [0.1, 0.15) is 6.04 Å². The van der Waals surface area contributed by atoms with Crippen molar-refractivity contribution >= 4 is 17.3 Å². The van der Waals surface area contributed by atoms with E-state index in [1.807, 2.05) is 6.92 Å². The molecule has 2 rings (SSSR count). The maximum atomic E-state index is 11.6. The summed E-state index contributed by atoms with van der Waals surface area (Å²) in [5.74, 6) is -0.137. The summed E-state index contributed by atoms with van der Waals surface area (Å²) in [6.07, 6.45) is 2.40. The molecule has 0 spiro atoms. The SMILES string of the molecule is COC(=O)C(C)N(Cc1ccsc1)C1CC1. The van der Waals surface area contributed by atoms with Crippen LogP contribution in [0, 0.1) is 0 Å². The highest BCUT2D eigenvalue weighted by atomic mass is 32.1. The maximum Gasteiger partial charge on any atom is 0.322 e. The molecule has 1 aromatic rings. The van der Waals surface area contributed by atoms with Crippen LogP contribution in [0.5, 0.6) is 0 Å². The van der Waals surface area contributed by atoms with Gasteiger partial charge in [-0.15, -0.1) is 0 Å². The average molecular weight is 239 g/mol. The molecule has 1 saturated carbocycles. The van der Waals surface area contributed by atoms with Gasteiger partial charge in [0, 0.05) is 12.6 Å².